The van der Waals surface area contributed by atoms with Crippen molar-refractivity contribution in [2.24, 2.45) is 0 Å². The van der Waals surface area contributed by atoms with Crippen molar-refractivity contribution >= 4 is 50.5 Å². The van der Waals surface area contributed by atoms with Crippen molar-refractivity contribution < 1.29 is 5.11 Å². The van der Waals surface area contributed by atoms with E-state index in [1.165, 1.54) is 11.3 Å². The van der Waals surface area contributed by atoms with Crippen LogP contribution in [0.1, 0.15) is 17.2 Å². The van der Waals surface area contributed by atoms with Gasteiger partial charge in [0.2, 0.25) is 0 Å². The first-order valence-corrected chi connectivity index (χ1v) is 7.30. The molecule has 0 bridgehead atoms. The van der Waals surface area contributed by atoms with E-state index in [-0.39, 0.29) is 0 Å². The van der Waals surface area contributed by atoms with E-state index < -0.39 is 6.10 Å². The Bertz CT molecular complexity index is 527. The molecule has 0 aliphatic heterocycles. The van der Waals surface area contributed by atoms with Crippen molar-refractivity contribution in [3.05, 3.63) is 54.6 Å². The average molecular weight is 352 g/mol. The Morgan fingerprint density at radius 2 is 2.00 bits per heavy atom. The molecule has 1 N–H and O–H groups in total. The van der Waals surface area contributed by atoms with Crippen LogP contribution >= 0.6 is 50.5 Å². The molecule has 1 aromatic carbocycles. The molecule has 0 amide bonds. The SMILES string of the molecule is OC(Cc1ccccc1Br)c1cc(Cl)sc1Cl. The molecule has 1 aromatic heterocycles. The van der Waals surface area contributed by atoms with E-state index in [1.807, 2.05) is 24.3 Å². The Morgan fingerprint density at radius 1 is 1.29 bits per heavy atom. The van der Waals surface area contributed by atoms with E-state index in [1.54, 1.807) is 6.07 Å². The van der Waals surface area contributed by atoms with E-state index in [4.69, 9.17) is 23.2 Å². The first kappa shape index (κ1) is 13.4. The number of aliphatic hydroxyl groups excluding tert-OH is 1. The van der Waals surface area contributed by atoms with Crippen LogP contribution in [0.4, 0.5) is 0 Å². The highest BCUT2D eigenvalue weighted by Crippen LogP contribution is 2.36. The van der Waals surface area contributed by atoms with E-state index in [9.17, 15) is 5.11 Å². The number of halogens is 3. The lowest BCUT2D eigenvalue weighted by Crippen LogP contribution is -2.01. The molecule has 0 spiro atoms. The molecule has 0 aliphatic rings. The maximum Gasteiger partial charge on any atom is 0.100 e. The van der Waals surface area contributed by atoms with Gasteiger partial charge in [-0.1, -0.05) is 57.3 Å². The molecule has 1 heterocycles. The fourth-order valence-corrected chi connectivity index (χ4v) is 3.58. The van der Waals surface area contributed by atoms with Gasteiger partial charge in [0.1, 0.15) is 4.34 Å². The lowest BCUT2D eigenvalue weighted by molar-refractivity contribution is 0.179. The van der Waals surface area contributed by atoms with Crippen LogP contribution in [0.5, 0.6) is 0 Å². The molecule has 2 aromatic rings. The molecule has 0 saturated heterocycles. The van der Waals surface area contributed by atoms with Gasteiger partial charge in [-0.25, -0.2) is 0 Å². The zero-order chi connectivity index (χ0) is 12.4. The highest BCUT2D eigenvalue weighted by molar-refractivity contribution is 9.10. The van der Waals surface area contributed by atoms with Crippen molar-refractivity contribution in [2.75, 3.05) is 0 Å². The Labute approximate surface area is 122 Å². The number of thiophene rings is 1. The maximum absolute atomic E-state index is 10.1. The Balaban J connectivity index is 2.20. The van der Waals surface area contributed by atoms with Gasteiger partial charge < -0.3 is 5.11 Å². The van der Waals surface area contributed by atoms with Crippen molar-refractivity contribution in [3.8, 4) is 0 Å². The first-order chi connectivity index (χ1) is 8.08. The van der Waals surface area contributed by atoms with E-state index in [0.29, 0.717) is 20.7 Å². The maximum atomic E-state index is 10.1. The molecular formula is C12H9BrCl2OS. The number of hydrogen-bond acceptors (Lipinski definition) is 2. The summed E-state index contributed by atoms with van der Waals surface area (Å²) in [6.45, 7) is 0. The van der Waals surface area contributed by atoms with Crippen molar-refractivity contribution in [2.45, 2.75) is 12.5 Å². The average Bonchev–Trinajstić information content (AvgIpc) is 2.61. The Kier molecular flexibility index (Phi) is 4.50. The smallest absolute Gasteiger partial charge is 0.100 e. The minimum absolute atomic E-state index is 0.508. The second-order valence-electron chi connectivity index (χ2n) is 3.59. The van der Waals surface area contributed by atoms with Crippen LogP contribution in [-0.4, -0.2) is 5.11 Å². The van der Waals surface area contributed by atoms with Gasteiger partial charge in [0.25, 0.3) is 0 Å². The van der Waals surface area contributed by atoms with Gasteiger partial charge in [0.15, 0.2) is 0 Å². The normalized spacial score (nSPS) is 12.7. The Morgan fingerprint density at radius 3 is 2.59 bits per heavy atom. The molecule has 2 rings (SSSR count). The summed E-state index contributed by atoms with van der Waals surface area (Å²) >= 11 is 16.6. The fourth-order valence-electron chi connectivity index (χ4n) is 1.56. The first-order valence-electron chi connectivity index (χ1n) is 4.94. The second-order valence-corrected chi connectivity index (χ2v) is 6.73. The molecule has 0 aliphatic carbocycles. The molecule has 1 unspecified atom stereocenters. The topological polar surface area (TPSA) is 20.2 Å². The van der Waals surface area contributed by atoms with E-state index in [2.05, 4.69) is 15.9 Å². The predicted molar refractivity (Wildman–Crippen MR) is 77.1 cm³/mol. The third-order valence-corrected chi connectivity index (χ3v) is 4.70. The van der Waals surface area contributed by atoms with Gasteiger partial charge in [-0.15, -0.1) is 11.3 Å². The minimum atomic E-state index is -0.634. The fraction of sp³-hybridized carbons (Fsp3) is 0.167. The van der Waals surface area contributed by atoms with Gasteiger partial charge >= 0.3 is 0 Å². The summed E-state index contributed by atoms with van der Waals surface area (Å²) in [6.07, 6.45) is -0.126. The quantitative estimate of drug-likeness (QED) is 0.816. The van der Waals surface area contributed by atoms with Gasteiger partial charge in [-0.05, 0) is 17.7 Å². The number of aliphatic hydroxyl groups is 1. The highest BCUT2D eigenvalue weighted by atomic mass is 79.9. The van der Waals surface area contributed by atoms with Gasteiger partial charge in [-0.3, -0.25) is 0 Å². The largest absolute Gasteiger partial charge is 0.388 e. The minimum Gasteiger partial charge on any atom is -0.388 e. The molecule has 1 nitrogen and oxygen atoms in total. The van der Waals surface area contributed by atoms with Crippen LogP contribution in [0, 0.1) is 0 Å². The molecule has 0 saturated carbocycles. The van der Waals surface area contributed by atoms with Gasteiger partial charge in [-0.2, -0.15) is 0 Å². The summed E-state index contributed by atoms with van der Waals surface area (Å²) in [6, 6.07) is 9.51. The van der Waals surface area contributed by atoms with Crippen LogP contribution < -0.4 is 0 Å². The molecule has 17 heavy (non-hydrogen) atoms. The van der Waals surface area contributed by atoms with E-state index in [0.717, 1.165) is 10.0 Å². The molecule has 1 atom stereocenters. The standard InChI is InChI=1S/C12H9BrCl2OS/c13-9-4-2-1-3-7(9)5-10(16)8-6-11(14)17-12(8)15/h1-4,6,10,16H,5H2. The zero-order valence-electron chi connectivity index (χ0n) is 8.66. The summed E-state index contributed by atoms with van der Waals surface area (Å²) in [5.41, 5.74) is 1.73. The zero-order valence-corrected chi connectivity index (χ0v) is 12.6. The predicted octanol–water partition coefficient (Wildman–Crippen LogP) is 5.09. The number of benzene rings is 1. The third kappa shape index (κ3) is 3.24. The lowest BCUT2D eigenvalue weighted by Gasteiger charge is -2.11. The molecule has 5 heteroatoms. The van der Waals surface area contributed by atoms with Gasteiger partial charge in [0.05, 0.1) is 10.4 Å². The van der Waals surface area contributed by atoms with Gasteiger partial charge in [0, 0.05) is 16.5 Å². The number of hydrogen-bond donors (Lipinski definition) is 1. The third-order valence-electron chi connectivity index (χ3n) is 2.41. The van der Waals surface area contributed by atoms with E-state index >= 15 is 0 Å². The van der Waals surface area contributed by atoms with Crippen molar-refractivity contribution in [1.82, 2.24) is 0 Å². The van der Waals surface area contributed by atoms with Crippen LogP contribution in [0.3, 0.4) is 0 Å². The summed E-state index contributed by atoms with van der Waals surface area (Å²) in [7, 11) is 0. The summed E-state index contributed by atoms with van der Waals surface area (Å²) in [4.78, 5) is 0. The van der Waals surface area contributed by atoms with Crippen LogP contribution in [-0.2, 0) is 6.42 Å². The molecular weight excluding hydrogens is 343 g/mol. The van der Waals surface area contributed by atoms with Crippen LogP contribution in [0.25, 0.3) is 0 Å². The molecule has 0 fully saturated rings. The van der Waals surface area contributed by atoms with Crippen LogP contribution in [0.2, 0.25) is 8.67 Å². The van der Waals surface area contributed by atoms with Crippen molar-refractivity contribution in [3.63, 3.8) is 0 Å². The lowest BCUT2D eigenvalue weighted by atomic mass is 10.0. The summed E-state index contributed by atoms with van der Waals surface area (Å²) in [5.74, 6) is 0. The summed E-state index contributed by atoms with van der Waals surface area (Å²) in [5, 5.41) is 10.1. The van der Waals surface area contributed by atoms with Crippen LogP contribution in [0.15, 0.2) is 34.8 Å². The van der Waals surface area contributed by atoms with Crippen molar-refractivity contribution in [1.29, 1.82) is 0 Å². The Hall–Kier alpha value is -0.0600. The summed E-state index contributed by atoms with van der Waals surface area (Å²) < 4.78 is 2.13. The number of rotatable bonds is 3. The second kappa shape index (κ2) is 5.72. The monoisotopic (exact) mass is 350 g/mol. The molecule has 0 radical (unpaired) electrons. The highest BCUT2D eigenvalue weighted by Gasteiger charge is 2.16. The molecule has 90 valence electrons.